The van der Waals surface area contributed by atoms with Crippen molar-refractivity contribution in [1.29, 1.82) is 0 Å². The van der Waals surface area contributed by atoms with Crippen LogP contribution in [0, 0.1) is 5.92 Å². The minimum absolute atomic E-state index is 0.189. The highest BCUT2D eigenvalue weighted by molar-refractivity contribution is 5.79. The van der Waals surface area contributed by atoms with Crippen LogP contribution in [-0.4, -0.2) is 28.8 Å². The lowest BCUT2D eigenvalue weighted by atomic mass is 10.1. The van der Waals surface area contributed by atoms with Crippen molar-refractivity contribution in [2.24, 2.45) is 5.92 Å². The predicted molar refractivity (Wildman–Crippen MR) is 65.0 cm³/mol. The minimum atomic E-state index is 0.189. The second-order valence-electron chi connectivity index (χ2n) is 5.12. The van der Waals surface area contributed by atoms with Gasteiger partial charge in [0.05, 0.1) is 0 Å². The Balaban J connectivity index is 1.76. The zero-order valence-electron chi connectivity index (χ0n) is 10.1. The Hall–Kier alpha value is -1.45. The number of hydrogen-bond donors (Lipinski definition) is 0. The second kappa shape index (κ2) is 4.09. The van der Waals surface area contributed by atoms with Gasteiger partial charge < -0.3 is 4.90 Å². The number of hydrogen-bond acceptors (Lipinski definition) is 4. The molecule has 4 heteroatoms. The smallest absolute Gasteiger partial charge is 0.134 e. The molecule has 0 amide bonds. The number of aromatic nitrogens is 2. The molecule has 1 saturated heterocycles. The van der Waals surface area contributed by atoms with E-state index in [4.69, 9.17) is 0 Å². The van der Waals surface area contributed by atoms with Crippen molar-refractivity contribution >= 4 is 11.6 Å². The first kappa shape index (κ1) is 10.7. The molecule has 2 fully saturated rings. The SMILES string of the molecule is CC(=O)[C@H]1CCN(c2cc(C3CC3)ncn2)C1. The Morgan fingerprint density at radius 1 is 1.35 bits per heavy atom. The van der Waals surface area contributed by atoms with Gasteiger partial charge in [0.1, 0.15) is 17.9 Å². The molecule has 1 atom stereocenters. The molecular weight excluding hydrogens is 214 g/mol. The van der Waals surface area contributed by atoms with Gasteiger partial charge >= 0.3 is 0 Å². The molecule has 4 nitrogen and oxygen atoms in total. The lowest BCUT2D eigenvalue weighted by Crippen LogP contribution is -2.23. The van der Waals surface area contributed by atoms with E-state index in [1.54, 1.807) is 13.3 Å². The molecule has 1 aromatic heterocycles. The summed E-state index contributed by atoms with van der Waals surface area (Å²) < 4.78 is 0. The van der Waals surface area contributed by atoms with Crippen molar-refractivity contribution < 1.29 is 4.79 Å². The van der Waals surface area contributed by atoms with E-state index in [1.807, 2.05) is 0 Å². The normalized spacial score (nSPS) is 24.1. The number of carbonyl (C=O) groups excluding carboxylic acids is 1. The average molecular weight is 231 g/mol. The highest BCUT2D eigenvalue weighted by atomic mass is 16.1. The molecule has 0 aromatic carbocycles. The number of rotatable bonds is 3. The summed E-state index contributed by atoms with van der Waals surface area (Å²) in [6.07, 6.45) is 5.13. The number of nitrogens with zero attached hydrogens (tertiary/aromatic N) is 3. The Morgan fingerprint density at radius 2 is 2.18 bits per heavy atom. The van der Waals surface area contributed by atoms with Crippen molar-refractivity contribution in [2.45, 2.75) is 32.1 Å². The van der Waals surface area contributed by atoms with E-state index in [9.17, 15) is 4.79 Å². The van der Waals surface area contributed by atoms with Gasteiger partial charge in [0.15, 0.2) is 0 Å². The van der Waals surface area contributed by atoms with Crippen LogP contribution in [0.4, 0.5) is 5.82 Å². The van der Waals surface area contributed by atoms with E-state index in [0.717, 1.165) is 25.3 Å². The Bertz CT molecular complexity index is 442. The Kier molecular flexibility index (Phi) is 2.57. The fraction of sp³-hybridized carbons (Fsp3) is 0.615. The van der Waals surface area contributed by atoms with E-state index in [-0.39, 0.29) is 5.92 Å². The van der Waals surface area contributed by atoms with Crippen molar-refractivity contribution in [1.82, 2.24) is 9.97 Å². The molecule has 1 aliphatic heterocycles. The summed E-state index contributed by atoms with van der Waals surface area (Å²) in [5, 5.41) is 0. The highest BCUT2D eigenvalue weighted by Gasteiger charge is 2.29. The summed E-state index contributed by atoms with van der Waals surface area (Å²) in [4.78, 5) is 22.2. The lowest BCUT2D eigenvalue weighted by Gasteiger charge is -2.17. The maximum absolute atomic E-state index is 11.3. The quantitative estimate of drug-likeness (QED) is 0.795. The fourth-order valence-corrected chi connectivity index (χ4v) is 2.44. The zero-order chi connectivity index (χ0) is 11.8. The van der Waals surface area contributed by atoms with Crippen molar-refractivity contribution in [3.05, 3.63) is 18.1 Å². The zero-order valence-corrected chi connectivity index (χ0v) is 10.1. The molecule has 2 heterocycles. The van der Waals surface area contributed by atoms with Gasteiger partial charge in [0.25, 0.3) is 0 Å². The van der Waals surface area contributed by atoms with Crippen LogP contribution in [0.25, 0.3) is 0 Å². The third kappa shape index (κ3) is 2.16. The van der Waals surface area contributed by atoms with Crippen LogP contribution in [-0.2, 0) is 4.79 Å². The molecule has 90 valence electrons. The summed E-state index contributed by atoms with van der Waals surface area (Å²) in [7, 11) is 0. The van der Waals surface area contributed by atoms with Crippen LogP contribution in [0.5, 0.6) is 0 Å². The van der Waals surface area contributed by atoms with Crippen LogP contribution in [0.1, 0.15) is 37.8 Å². The molecule has 1 aliphatic carbocycles. The van der Waals surface area contributed by atoms with Gasteiger partial charge in [0.2, 0.25) is 0 Å². The van der Waals surface area contributed by atoms with Crippen LogP contribution in [0.15, 0.2) is 12.4 Å². The van der Waals surface area contributed by atoms with Crippen molar-refractivity contribution in [3.8, 4) is 0 Å². The van der Waals surface area contributed by atoms with Gasteiger partial charge in [-0.1, -0.05) is 0 Å². The summed E-state index contributed by atoms with van der Waals surface area (Å²) in [6.45, 7) is 3.44. The molecule has 17 heavy (non-hydrogen) atoms. The summed E-state index contributed by atoms with van der Waals surface area (Å²) >= 11 is 0. The molecule has 0 bridgehead atoms. The molecule has 1 aromatic rings. The van der Waals surface area contributed by atoms with Crippen LogP contribution in [0.3, 0.4) is 0 Å². The van der Waals surface area contributed by atoms with E-state index in [1.165, 1.54) is 18.5 Å². The highest BCUT2D eigenvalue weighted by Crippen LogP contribution is 2.39. The molecule has 0 spiro atoms. The van der Waals surface area contributed by atoms with Gasteiger partial charge in [0, 0.05) is 36.7 Å². The van der Waals surface area contributed by atoms with E-state index < -0.39 is 0 Å². The molecule has 1 saturated carbocycles. The van der Waals surface area contributed by atoms with E-state index in [2.05, 4.69) is 20.9 Å². The Labute approximate surface area is 101 Å². The summed E-state index contributed by atoms with van der Waals surface area (Å²) in [5.41, 5.74) is 1.17. The largest absolute Gasteiger partial charge is 0.356 e. The third-order valence-electron chi connectivity index (χ3n) is 3.76. The van der Waals surface area contributed by atoms with E-state index >= 15 is 0 Å². The molecule has 0 radical (unpaired) electrons. The Morgan fingerprint density at radius 3 is 2.82 bits per heavy atom. The second-order valence-corrected chi connectivity index (χ2v) is 5.12. The van der Waals surface area contributed by atoms with Crippen LogP contribution < -0.4 is 4.90 Å². The molecule has 0 unspecified atom stereocenters. The standard InChI is InChI=1S/C13H17N3O/c1-9(17)11-4-5-16(7-11)13-6-12(10-2-3-10)14-8-15-13/h6,8,10-11H,2-5,7H2,1H3/t11-/m0/s1. The monoisotopic (exact) mass is 231 g/mol. The first-order valence-electron chi connectivity index (χ1n) is 6.31. The van der Waals surface area contributed by atoms with E-state index in [0.29, 0.717) is 11.7 Å². The van der Waals surface area contributed by atoms with Crippen molar-refractivity contribution in [3.63, 3.8) is 0 Å². The van der Waals surface area contributed by atoms with Gasteiger partial charge in [-0.3, -0.25) is 4.79 Å². The van der Waals surface area contributed by atoms with Gasteiger partial charge in [-0.05, 0) is 26.2 Å². The molecule has 2 aliphatic rings. The van der Waals surface area contributed by atoms with Crippen LogP contribution in [0.2, 0.25) is 0 Å². The number of ketones is 1. The lowest BCUT2D eigenvalue weighted by molar-refractivity contribution is -0.120. The summed E-state index contributed by atoms with van der Waals surface area (Å²) in [6, 6.07) is 2.10. The fourth-order valence-electron chi connectivity index (χ4n) is 2.44. The molecule has 0 N–H and O–H groups in total. The maximum Gasteiger partial charge on any atom is 0.134 e. The average Bonchev–Trinajstić information content (AvgIpc) is 3.06. The number of Topliss-reactive ketones (excluding diaryl/α,β-unsaturated/α-hetero) is 1. The van der Waals surface area contributed by atoms with Gasteiger partial charge in [-0.2, -0.15) is 0 Å². The number of anilines is 1. The first-order chi connectivity index (χ1) is 8.24. The summed E-state index contributed by atoms with van der Waals surface area (Å²) in [5.74, 6) is 2.13. The molecule has 3 rings (SSSR count). The molecular formula is C13H17N3O. The predicted octanol–water partition coefficient (Wildman–Crippen LogP) is 1.77. The van der Waals surface area contributed by atoms with Crippen LogP contribution >= 0.6 is 0 Å². The maximum atomic E-state index is 11.3. The van der Waals surface area contributed by atoms with Gasteiger partial charge in [-0.25, -0.2) is 9.97 Å². The topological polar surface area (TPSA) is 46.1 Å². The van der Waals surface area contributed by atoms with Gasteiger partial charge in [-0.15, -0.1) is 0 Å². The number of carbonyl (C=O) groups is 1. The third-order valence-corrected chi connectivity index (χ3v) is 3.76. The minimum Gasteiger partial charge on any atom is -0.356 e. The first-order valence-corrected chi connectivity index (χ1v) is 6.31. The van der Waals surface area contributed by atoms with Crippen molar-refractivity contribution in [2.75, 3.05) is 18.0 Å².